The third-order valence-corrected chi connectivity index (χ3v) is 8.82. The summed E-state index contributed by atoms with van der Waals surface area (Å²) in [5, 5.41) is 27.6. The molecule has 5 heterocycles. The summed E-state index contributed by atoms with van der Waals surface area (Å²) in [5.74, 6) is 0.0419. The standard InChI is InChI=1S/C38H43N9O7/c1-25(48)34-38(51)39-13-15-46(23-27-21-40-35(41-22-27)32-9-6-17-53-32)14-12-29-24-47(45-44-29)16-18-54-31-11-10-28(20-33(31)52-2)36(49)42-30(37(50)43-34)19-26-7-4-3-5-8-26/h3-11,17,20-22,24-25,30,34,48H,12-16,18-19,23H2,1-2H3,(H,39,51)(H,42,49)(H,43,50)/t25-,30-,34+/m1/s1. The molecule has 0 saturated carbocycles. The zero-order valence-corrected chi connectivity index (χ0v) is 30.1. The Labute approximate surface area is 311 Å². The molecule has 3 atom stereocenters. The Morgan fingerprint density at radius 3 is 2.52 bits per heavy atom. The predicted molar refractivity (Wildman–Crippen MR) is 195 cm³/mol. The maximum absolute atomic E-state index is 13.8. The summed E-state index contributed by atoms with van der Waals surface area (Å²) < 4.78 is 18.6. The number of hydrogen-bond acceptors (Lipinski definition) is 12. The number of amides is 3. The van der Waals surface area contributed by atoms with Crippen molar-refractivity contribution in [3.05, 3.63) is 108 Å². The molecule has 3 aromatic heterocycles. The van der Waals surface area contributed by atoms with Crippen molar-refractivity contribution in [2.45, 2.75) is 51.0 Å². The van der Waals surface area contributed by atoms with Crippen molar-refractivity contribution in [3.63, 3.8) is 0 Å². The number of carbonyl (C=O) groups is 3. The zero-order valence-electron chi connectivity index (χ0n) is 30.1. The highest BCUT2D eigenvalue weighted by Gasteiger charge is 2.30. The van der Waals surface area contributed by atoms with Gasteiger partial charge in [-0.15, -0.1) is 5.10 Å². The van der Waals surface area contributed by atoms with E-state index in [4.69, 9.17) is 13.9 Å². The molecule has 5 aromatic rings. The highest BCUT2D eigenvalue weighted by Crippen LogP contribution is 2.28. The molecular formula is C38H43N9O7. The lowest BCUT2D eigenvalue weighted by Gasteiger charge is -2.26. The first kappa shape index (κ1) is 37.6. The molecule has 2 aliphatic rings. The third kappa shape index (κ3) is 10.0. The van der Waals surface area contributed by atoms with Crippen molar-refractivity contribution in [1.82, 2.24) is 45.8 Å². The fourth-order valence-electron chi connectivity index (χ4n) is 5.92. The average molecular weight is 738 g/mol. The van der Waals surface area contributed by atoms with Gasteiger partial charge in [-0.05, 0) is 42.8 Å². The van der Waals surface area contributed by atoms with Gasteiger partial charge < -0.3 is 34.9 Å². The van der Waals surface area contributed by atoms with Crippen LogP contribution in [0.3, 0.4) is 0 Å². The molecule has 0 saturated heterocycles. The molecule has 0 spiro atoms. The van der Waals surface area contributed by atoms with Gasteiger partial charge in [0.2, 0.25) is 11.8 Å². The normalized spacial score (nSPS) is 18.5. The molecule has 2 aromatic carbocycles. The number of hydrogen-bond donors (Lipinski definition) is 4. The Bertz CT molecular complexity index is 1990. The van der Waals surface area contributed by atoms with E-state index in [1.54, 1.807) is 47.6 Å². The van der Waals surface area contributed by atoms with Crippen LogP contribution >= 0.6 is 0 Å². The van der Waals surface area contributed by atoms with Crippen molar-refractivity contribution in [3.8, 4) is 23.1 Å². The number of ether oxygens (including phenoxy) is 2. The van der Waals surface area contributed by atoms with E-state index in [9.17, 15) is 19.5 Å². The second kappa shape index (κ2) is 18.1. The molecule has 0 radical (unpaired) electrons. The Kier molecular flexibility index (Phi) is 12.6. The molecule has 4 bridgehead atoms. The molecule has 16 nitrogen and oxygen atoms in total. The number of aromatic nitrogens is 5. The topological polar surface area (TPSA) is 199 Å². The fraction of sp³-hybridized carbons (Fsp3) is 0.342. The molecule has 2 aliphatic heterocycles. The number of fused-ring (bicyclic) bond motifs is 16. The van der Waals surface area contributed by atoms with Gasteiger partial charge in [0.05, 0.1) is 31.7 Å². The van der Waals surface area contributed by atoms with Gasteiger partial charge in [-0.25, -0.2) is 14.6 Å². The number of benzene rings is 2. The maximum atomic E-state index is 13.8. The van der Waals surface area contributed by atoms with E-state index in [2.05, 4.69) is 41.1 Å². The Balaban J connectivity index is 1.23. The second-order valence-corrected chi connectivity index (χ2v) is 12.8. The number of aliphatic hydroxyl groups excluding tert-OH is 1. The Morgan fingerprint density at radius 1 is 0.963 bits per heavy atom. The molecule has 0 fully saturated rings. The van der Waals surface area contributed by atoms with Crippen LogP contribution in [0.4, 0.5) is 0 Å². The second-order valence-electron chi connectivity index (χ2n) is 12.8. The molecule has 282 valence electrons. The van der Waals surface area contributed by atoms with Crippen molar-refractivity contribution < 1.29 is 33.4 Å². The van der Waals surface area contributed by atoms with Crippen LogP contribution in [0.2, 0.25) is 0 Å². The highest BCUT2D eigenvalue weighted by atomic mass is 16.5. The fourth-order valence-corrected chi connectivity index (χ4v) is 5.92. The molecule has 0 unspecified atom stereocenters. The quantitative estimate of drug-likeness (QED) is 0.177. The summed E-state index contributed by atoms with van der Waals surface area (Å²) in [5.41, 5.74) is 2.63. The van der Waals surface area contributed by atoms with Gasteiger partial charge in [-0.2, -0.15) is 0 Å². The first-order valence-electron chi connectivity index (χ1n) is 17.6. The SMILES string of the molecule is COc1cc2ccc1OCCn1cc(nn1)CCN(Cc1cnc(-c3ccco3)nc1)CCNC(=O)[C@H]([C@@H](C)O)NC(=O)[C@@H](Cc1ccccc1)NC2=O. The lowest BCUT2D eigenvalue weighted by molar-refractivity contribution is -0.132. The molecule has 4 N–H and O–H groups in total. The summed E-state index contributed by atoms with van der Waals surface area (Å²) in [7, 11) is 1.47. The van der Waals surface area contributed by atoms with Gasteiger partial charge in [0.1, 0.15) is 18.7 Å². The summed E-state index contributed by atoms with van der Waals surface area (Å²) >= 11 is 0. The number of rotatable bonds is 7. The molecule has 54 heavy (non-hydrogen) atoms. The van der Waals surface area contributed by atoms with Gasteiger partial charge in [-0.3, -0.25) is 19.3 Å². The van der Waals surface area contributed by atoms with Crippen LogP contribution in [0, 0.1) is 0 Å². The first-order valence-corrected chi connectivity index (χ1v) is 17.6. The summed E-state index contributed by atoms with van der Waals surface area (Å²) in [4.78, 5) is 51.8. The van der Waals surface area contributed by atoms with Crippen molar-refractivity contribution in [1.29, 1.82) is 0 Å². The number of nitrogens with zero attached hydrogens (tertiary/aromatic N) is 6. The van der Waals surface area contributed by atoms with Gasteiger partial charge in [0, 0.05) is 68.7 Å². The number of nitrogens with one attached hydrogen (secondary N) is 3. The van der Waals surface area contributed by atoms with Crippen LogP contribution in [0.5, 0.6) is 11.5 Å². The van der Waals surface area contributed by atoms with Crippen LogP contribution in [0.1, 0.15) is 34.1 Å². The summed E-state index contributed by atoms with van der Waals surface area (Å²) in [6.07, 6.45) is 6.34. The average Bonchev–Trinajstić information content (AvgIpc) is 3.89. The lowest BCUT2D eigenvalue weighted by Crippen LogP contribution is -2.58. The molecule has 16 heteroatoms. The van der Waals surface area contributed by atoms with E-state index in [-0.39, 0.29) is 25.1 Å². The van der Waals surface area contributed by atoms with Gasteiger partial charge >= 0.3 is 0 Å². The Hall–Kier alpha value is -6.13. The van der Waals surface area contributed by atoms with E-state index in [0.29, 0.717) is 55.7 Å². The van der Waals surface area contributed by atoms with E-state index in [0.717, 1.165) is 16.8 Å². The largest absolute Gasteiger partial charge is 0.493 e. The third-order valence-electron chi connectivity index (χ3n) is 8.82. The van der Waals surface area contributed by atoms with E-state index in [1.807, 2.05) is 36.5 Å². The summed E-state index contributed by atoms with van der Waals surface area (Å²) in [6, 6.07) is 15.1. The maximum Gasteiger partial charge on any atom is 0.252 e. The predicted octanol–water partition coefficient (Wildman–Crippen LogP) is 1.80. The van der Waals surface area contributed by atoms with Gasteiger partial charge in [0.25, 0.3) is 5.91 Å². The number of carbonyl (C=O) groups excluding carboxylic acids is 3. The minimum atomic E-state index is -1.29. The number of furan rings is 1. The number of methoxy groups -OCH3 is 1. The smallest absolute Gasteiger partial charge is 0.252 e. The molecular weight excluding hydrogens is 694 g/mol. The van der Waals surface area contributed by atoms with E-state index >= 15 is 0 Å². The molecule has 3 amide bonds. The monoisotopic (exact) mass is 737 g/mol. The van der Waals surface area contributed by atoms with E-state index in [1.165, 1.54) is 20.1 Å². The van der Waals surface area contributed by atoms with Crippen LogP contribution < -0.4 is 25.4 Å². The zero-order chi connectivity index (χ0) is 37.9. The Morgan fingerprint density at radius 2 is 1.78 bits per heavy atom. The lowest BCUT2D eigenvalue weighted by atomic mass is 10.0. The first-order chi connectivity index (χ1) is 26.2. The van der Waals surface area contributed by atoms with Gasteiger partial charge in [0.15, 0.2) is 23.1 Å². The van der Waals surface area contributed by atoms with Crippen molar-refractivity contribution in [2.75, 3.05) is 33.4 Å². The van der Waals surface area contributed by atoms with Crippen LogP contribution in [-0.4, -0.2) is 104 Å². The van der Waals surface area contributed by atoms with Crippen molar-refractivity contribution >= 4 is 17.7 Å². The van der Waals surface area contributed by atoms with Crippen LogP contribution in [0.25, 0.3) is 11.6 Å². The highest BCUT2D eigenvalue weighted by molar-refractivity contribution is 5.99. The van der Waals surface area contributed by atoms with Crippen molar-refractivity contribution in [2.24, 2.45) is 0 Å². The van der Waals surface area contributed by atoms with E-state index < -0.39 is 35.9 Å². The number of aliphatic hydroxyl groups is 1. The minimum absolute atomic E-state index is 0.135. The van der Waals surface area contributed by atoms with Crippen LogP contribution in [0.15, 0.2) is 89.9 Å². The minimum Gasteiger partial charge on any atom is -0.493 e. The molecule has 0 aliphatic carbocycles. The van der Waals surface area contributed by atoms with Gasteiger partial charge in [-0.1, -0.05) is 35.5 Å². The van der Waals surface area contributed by atoms with Crippen LogP contribution in [-0.2, 0) is 35.5 Å². The summed E-state index contributed by atoms with van der Waals surface area (Å²) in [6.45, 7) is 3.74. The molecule has 7 rings (SSSR count).